The van der Waals surface area contributed by atoms with Crippen molar-refractivity contribution in [2.45, 2.75) is 0 Å². The molecule has 0 atom stereocenters. The highest BCUT2D eigenvalue weighted by atomic mass is 127. The summed E-state index contributed by atoms with van der Waals surface area (Å²) in [6.07, 6.45) is 0. The maximum Gasteiger partial charge on any atom is 0.0905 e. The fraction of sp³-hybridized carbons (Fsp3) is 1.00. The van der Waals surface area contributed by atoms with E-state index >= 15 is 0 Å². The maximum atomic E-state index is 5.30. The third-order valence-corrected chi connectivity index (χ3v) is 0.800. The first-order valence-electron chi connectivity index (χ1n) is 2.57. The minimum atomic E-state index is 0. The van der Waals surface area contributed by atoms with Gasteiger partial charge in [0.25, 0.3) is 0 Å². The standard InChI is InChI=1S/C5H15N2.HI/c1-7(2,3)5-4-6;/h4-6H2,1-3H3;1H/q+1;/p-1. The predicted octanol–water partition coefficient (Wildman–Crippen LogP) is -3.34. The molecule has 2 nitrogen and oxygen atoms in total. The number of nitrogens with two attached hydrogens (primary N) is 1. The molecule has 3 heteroatoms. The minimum Gasteiger partial charge on any atom is -1.00 e. The van der Waals surface area contributed by atoms with Gasteiger partial charge in [0.2, 0.25) is 0 Å². The molecule has 0 spiro atoms. The lowest BCUT2D eigenvalue weighted by molar-refractivity contribution is -0.868. The van der Waals surface area contributed by atoms with E-state index in [4.69, 9.17) is 5.73 Å². The van der Waals surface area contributed by atoms with Gasteiger partial charge < -0.3 is 34.2 Å². The van der Waals surface area contributed by atoms with Crippen LogP contribution in [-0.4, -0.2) is 38.7 Å². The van der Waals surface area contributed by atoms with E-state index in [1.807, 2.05) is 0 Å². The third kappa shape index (κ3) is 9.82. The SMILES string of the molecule is C[N+](C)(C)CCN.[I-]. The van der Waals surface area contributed by atoms with Crippen molar-refractivity contribution in [3.63, 3.8) is 0 Å². The van der Waals surface area contributed by atoms with Gasteiger partial charge in [-0.1, -0.05) is 0 Å². The van der Waals surface area contributed by atoms with Crippen LogP contribution in [0.2, 0.25) is 0 Å². The Morgan fingerprint density at radius 3 is 1.62 bits per heavy atom. The van der Waals surface area contributed by atoms with Gasteiger partial charge in [0.15, 0.2) is 0 Å². The Morgan fingerprint density at radius 1 is 1.25 bits per heavy atom. The number of hydrogen-bond acceptors (Lipinski definition) is 1. The topological polar surface area (TPSA) is 26.0 Å². The van der Waals surface area contributed by atoms with E-state index < -0.39 is 0 Å². The summed E-state index contributed by atoms with van der Waals surface area (Å²) in [5.74, 6) is 0. The lowest BCUT2D eigenvalue weighted by Gasteiger charge is -2.22. The van der Waals surface area contributed by atoms with Crippen LogP contribution in [0.3, 0.4) is 0 Å². The van der Waals surface area contributed by atoms with E-state index in [0.717, 1.165) is 17.6 Å². The molecule has 0 aliphatic rings. The summed E-state index contributed by atoms with van der Waals surface area (Å²) in [6.45, 7) is 1.84. The van der Waals surface area contributed by atoms with Crippen molar-refractivity contribution in [2.75, 3.05) is 34.2 Å². The highest BCUT2D eigenvalue weighted by Gasteiger charge is 2.01. The van der Waals surface area contributed by atoms with E-state index in [0.29, 0.717) is 0 Å². The summed E-state index contributed by atoms with van der Waals surface area (Å²) in [5.41, 5.74) is 5.30. The van der Waals surface area contributed by atoms with Crippen LogP contribution in [0.15, 0.2) is 0 Å². The molecule has 0 bridgehead atoms. The van der Waals surface area contributed by atoms with Crippen LogP contribution in [0.25, 0.3) is 0 Å². The predicted molar refractivity (Wildman–Crippen MR) is 32.0 cm³/mol. The number of rotatable bonds is 2. The van der Waals surface area contributed by atoms with E-state index in [9.17, 15) is 0 Å². The van der Waals surface area contributed by atoms with Crippen LogP contribution in [-0.2, 0) is 0 Å². The molecule has 0 aliphatic heterocycles. The van der Waals surface area contributed by atoms with Crippen molar-refractivity contribution >= 4 is 0 Å². The van der Waals surface area contributed by atoms with Crippen molar-refractivity contribution in [3.8, 4) is 0 Å². The second-order valence-electron chi connectivity index (χ2n) is 2.80. The molecule has 0 radical (unpaired) electrons. The molecule has 0 aromatic rings. The maximum absolute atomic E-state index is 5.30. The molecule has 8 heavy (non-hydrogen) atoms. The van der Waals surface area contributed by atoms with Crippen LogP contribution < -0.4 is 29.7 Å². The molecule has 0 aromatic heterocycles. The number of halogens is 1. The molecule has 52 valence electrons. The van der Waals surface area contributed by atoms with Crippen molar-refractivity contribution in [1.82, 2.24) is 0 Å². The Hall–Kier alpha value is 0.650. The van der Waals surface area contributed by atoms with Gasteiger partial charge in [-0.15, -0.1) is 0 Å². The largest absolute Gasteiger partial charge is 1.00 e. The molecule has 0 amide bonds. The molecule has 0 saturated carbocycles. The fourth-order valence-electron chi connectivity index (χ4n) is 0.387. The van der Waals surface area contributed by atoms with E-state index in [1.54, 1.807) is 0 Å². The molecule has 0 unspecified atom stereocenters. The summed E-state index contributed by atoms with van der Waals surface area (Å²) < 4.78 is 0.969. The number of quaternary nitrogens is 1. The molecule has 0 saturated heterocycles. The Morgan fingerprint density at radius 2 is 1.62 bits per heavy atom. The fourth-order valence-corrected chi connectivity index (χ4v) is 0.387. The molecule has 0 fully saturated rings. The van der Waals surface area contributed by atoms with Gasteiger partial charge in [-0.05, 0) is 0 Å². The van der Waals surface area contributed by atoms with E-state index in [-0.39, 0.29) is 24.0 Å². The zero-order chi connectivity index (χ0) is 5.91. The van der Waals surface area contributed by atoms with Gasteiger partial charge in [-0.3, -0.25) is 0 Å². The molecule has 0 aliphatic carbocycles. The highest BCUT2D eigenvalue weighted by Crippen LogP contribution is 1.83. The first-order valence-corrected chi connectivity index (χ1v) is 2.57. The number of nitrogens with zero attached hydrogens (tertiary/aromatic N) is 1. The summed E-state index contributed by atoms with van der Waals surface area (Å²) in [7, 11) is 6.40. The third-order valence-electron chi connectivity index (χ3n) is 0.800. The lowest BCUT2D eigenvalue weighted by atomic mass is 10.5. The van der Waals surface area contributed by atoms with E-state index in [1.165, 1.54) is 0 Å². The first-order chi connectivity index (χ1) is 3.06. The summed E-state index contributed by atoms with van der Waals surface area (Å²) in [6, 6.07) is 0. The highest BCUT2D eigenvalue weighted by molar-refractivity contribution is 4.26. The minimum absolute atomic E-state index is 0. The smallest absolute Gasteiger partial charge is 0.0905 e. The zero-order valence-electron chi connectivity index (χ0n) is 5.82. The van der Waals surface area contributed by atoms with Gasteiger partial charge in [-0.2, -0.15) is 0 Å². The molecular formula is C5H15IN2. The molecule has 0 aromatic carbocycles. The first kappa shape index (κ1) is 11.4. The molecule has 0 heterocycles. The van der Waals surface area contributed by atoms with Gasteiger partial charge >= 0.3 is 0 Å². The van der Waals surface area contributed by atoms with Crippen molar-refractivity contribution in [2.24, 2.45) is 5.73 Å². The summed E-state index contributed by atoms with van der Waals surface area (Å²) in [4.78, 5) is 0. The summed E-state index contributed by atoms with van der Waals surface area (Å²) in [5, 5.41) is 0. The average Bonchev–Trinajstić information content (AvgIpc) is 1.30. The van der Waals surface area contributed by atoms with Crippen LogP contribution in [0.5, 0.6) is 0 Å². The van der Waals surface area contributed by atoms with E-state index in [2.05, 4.69) is 21.1 Å². The van der Waals surface area contributed by atoms with Gasteiger partial charge in [-0.25, -0.2) is 0 Å². The molecule has 0 rings (SSSR count). The van der Waals surface area contributed by atoms with Gasteiger partial charge in [0.05, 0.1) is 27.7 Å². The second-order valence-corrected chi connectivity index (χ2v) is 2.80. The Bertz CT molecular complexity index is 48.9. The summed E-state index contributed by atoms with van der Waals surface area (Å²) >= 11 is 0. The van der Waals surface area contributed by atoms with Crippen molar-refractivity contribution in [1.29, 1.82) is 0 Å². The second kappa shape index (κ2) is 4.52. The van der Waals surface area contributed by atoms with Crippen LogP contribution in [0, 0.1) is 0 Å². The Kier molecular flexibility index (Phi) is 6.47. The molecular weight excluding hydrogens is 215 g/mol. The normalized spacial score (nSPS) is 10.5. The van der Waals surface area contributed by atoms with Crippen LogP contribution in [0.4, 0.5) is 0 Å². The van der Waals surface area contributed by atoms with Crippen molar-refractivity contribution in [3.05, 3.63) is 0 Å². The average molecular weight is 230 g/mol. The monoisotopic (exact) mass is 230 g/mol. The lowest BCUT2D eigenvalue weighted by Crippen LogP contribution is -3.00. The molecule has 2 N–H and O–H groups in total. The Balaban J connectivity index is 0. The quantitative estimate of drug-likeness (QED) is 0.389. The number of hydrogen-bond donors (Lipinski definition) is 1. The van der Waals surface area contributed by atoms with Crippen LogP contribution >= 0.6 is 0 Å². The van der Waals surface area contributed by atoms with Gasteiger partial charge in [0, 0.05) is 6.54 Å². The number of likely N-dealkylation sites (N-methyl/N-ethyl adjacent to an activating group) is 1. The Labute approximate surface area is 68.7 Å². The zero-order valence-corrected chi connectivity index (χ0v) is 7.97. The van der Waals surface area contributed by atoms with Crippen molar-refractivity contribution < 1.29 is 28.5 Å². The van der Waals surface area contributed by atoms with Crippen LogP contribution in [0.1, 0.15) is 0 Å². The van der Waals surface area contributed by atoms with Gasteiger partial charge in [0.1, 0.15) is 0 Å².